The number of likely N-dealkylation sites (tertiary alicyclic amines) is 1. The number of nitrogens with one attached hydrogen (secondary N) is 2. The van der Waals surface area contributed by atoms with Crippen molar-refractivity contribution in [2.45, 2.75) is 25.5 Å². The van der Waals surface area contributed by atoms with E-state index in [2.05, 4.69) is 15.6 Å². The largest absolute Gasteiger partial charge is 0.465 e. The number of anilines is 2. The smallest absolute Gasteiger partial charge is 0.407 e. The van der Waals surface area contributed by atoms with Crippen LogP contribution in [-0.4, -0.2) is 56.1 Å². The number of hydrogen-bond donors (Lipinski definition) is 4. The first-order chi connectivity index (χ1) is 18.4. The number of carbonyl (C=O) groups is 2. The van der Waals surface area contributed by atoms with Gasteiger partial charge in [0, 0.05) is 42.6 Å². The van der Waals surface area contributed by atoms with E-state index >= 15 is 0 Å². The number of carboxylic acid groups (broad SMARTS) is 1. The second kappa shape index (κ2) is 11.2. The van der Waals surface area contributed by atoms with Crippen LogP contribution in [0.5, 0.6) is 11.5 Å². The lowest BCUT2D eigenvalue weighted by atomic mass is 9.93. The van der Waals surface area contributed by atoms with Crippen molar-refractivity contribution in [2.24, 2.45) is 5.92 Å². The van der Waals surface area contributed by atoms with Gasteiger partial charge in [-0.15, -0.1) is 0 Å². The zero-order chi connectivity index (χ0) is 26.5. The van der Waals surface area contributed by atoms with Crippen molar-refractivity contribution >= 4 is 34.5 Å². The lowest BCUT2D eigenvalue weighted by Gasteiger charge is -2.31. The molecule has 1 aliphatic heterocycles. The zero-order valence-electron chi connectivity index (χ0n) is 20.7. The minimum absolute atomic E-state index is 0.237. The third kappa shape index (κ3) is 6.04. The molecule has 0 spiro atoms. The molecule has 1 atom stereocenters. The van der Waals surface area contributed by atoms with Crippen LogP contribution in [-0.2, 0) is 0 Å². The number of para-hydroxylation sites is 1. The topological polar surface area (TPSA) is 129 Å². The van der Waals surface area contributed by atoms with E-state index < -0.39 is 12.3 Å². The third-order valence-electron chi connectivity index (χ3n) is 6.63. The predicted molar refractivity (Wildman–Crippen MR) is 144 cm³/mol. The van der Waals surface area contributed by atoms with Crippen LogP contribution in [0.3, 0.4) is 0 Å². The first kappa shape index (κ1) is 25.1. The van der Waals surface area contributed by atoms with Gasteiger partial charge in [-0.25, -0.2) is 14.6 Å². The molecule has 2 aromatic heterocycles. The van der Waals surface area contributed by atoms with Gasteiger partial charge in [0.2, 0.25) is 0 Å². The molecule has 196 valence electrons. The highest BCUT2D eigenvalue weighted by molar-refractivity contribution is 5.98. The summed E-state index contributed by atoms with van der Waals surface area (Å²) in [7, 11) is 0. The van der Waals surface area contributed by atoms with Gasteiger partial charge in [-0.2, -0.15) is 0 Å². The van der Waals surface area contributed by atoms with Crippen LogP contribution < -0.4 is 15.4 Å². The summed E-state index contributed by atoms with van der Waals surface area (Å²) in [5.74, 6) is 1.86. The molecular weight excluding hydrogens is 486 g/mol. The quantitative estimate of drug-likeness (QED) is 0.242. The van der Waals surface area contributed by atoms with E-state index in [9.17, 15) is 14.7 Å². The van der Waals surface area contributed by atoms with E-state index in [1.54, 1.807) is 35.2 Å². The molecule has 0 saturated carbocycles. The molecular formula is C28H29N5O5. The lowest BCUT2D eigenvalue weighted by Crippen LogP contribution is -2.38. The summed E-state index contributed by atoms with van der Waals surface area (Å²) >= 11 is 0. The van der Waals surface area contributed by atoms with E-state index in [-0.39, 0.29) is 11.9 Å². The number of nitrogens with zero attached hydrogens (tertiary/aromatic N) is 3. The Balaban J connectivity index is 1.19. The van der Waals surface area contributed by atoms with Gasteiger partial charge in [0.15, 0.2) is 0 Å². The van der Waals surface area contributed by atoms with Gasteiger partial charge in [-0.1, -0.05) is 18.2 Å². The molecule has 38 heavy (non-hydrogen) atoms. The van der Waals surface area contributed by atoms with Gasteiger partial charge < -0.3 is 30.5 Å². The molecule has 0 bridgehead atoms. The predicted octanol–water partition coefficient (Wildman–Crippen LogP) is 5.42. The molecule has 2 aromatic carbocycles. The molecule has 1 aliphatic rings. The Hall–Kier alpha value is -4.57. The van der Waals surface area contributed by atoms with Crippen LogP contribution in [0, 0.1) is 5.92 Å². The summed E-state index contributed by atoms with van der Waals surface area (Å²) in [6.45, 7) is 0.972. The van der Waals surface area contributed by atoms with E-state index in [4.69, 9.17) is 9.84 Å². The maximum Gasteiger partial charge on any atom is 0.407 e. The number of benzene rings is 2. The van der Waals surface area contributed by atoms with E-state index in [0.29, 0.717) is 36.8 Å². The number of aliphatic hydroxyl groups excluding tert-OH is 1. The molecule has 10 nitrogen and oxygen atoms in total. The highest BCUT2D eigenvalue weighted by atomic mass is 16.5. The average Bonchev–Trinajstić information content (AvgIpc) is 3.33. The highest BCUT2D eigenvalue weighted by Gasteiger charge is 2.24. The second-order valence-corrected chi connectivity index (χ2v) is 9.29. The lowest BCUT2D eigenvalue weighted by molar-refractivity contribution is 0.106. The number of rotatable bonds is 7. The van der Waals surface area contributed by atoms with E-state index in [1.165, 1.54) is 4.90 Å². The molecule has 1 fully saturated rings. The van der Waals surface area contributed by atoms with Crippen molar-refractivity contribution in [1.29, 1.82) is 0 Å². The number of aromatic nitrogens is 2. The fourth-order valence-corrected chi connectivity index (χ4v) is 4.66. The van der Waals surface area contributed by atoms with Gasteiger partial charge in [0.25, 0.3) is 0 Å². The number of carbonyl (C=O) groups excluding carboxylic acids is 1. The zero-order valence-corrected chi connectivity index (χ0v) is 20.7. The molecule has 2 amide bonds. The van der Waals surface area contributed by atoms with Crippen molar-refractivity contribution in [3.05, 3.63) is 79.1 Å². The molecule has 1 saturated heterocycles. The fraction of sp³-hybridized carbons (Fsp3) is 0.250. The summed E-state index contributed by atoms with van der Waals surface area (Å²) in [6.07, 6.45) is 3.56. The van der Waals surface area contributed by atoms with Crippen LogP contribution in [0.25, 0.3) is 10.9 Å². The Labute approximate surface area is 219 Å². The number of fused-ring (bicyclic) bond motifs is 1. The van der Waals surface area contributed by atoms with Crippen molar-refractivity contribution in [3.8, 4) is 11.5 Å². The minimum atomic E-state index is -0.895. The highest BCUT2D eigenvalue weighted by Crippen LogP contribution is 2.28. The Morgan fingerprint density at radius 2 is 1.79 bits per heavy atom. The van der Waals surface area contributed by atoms with Crippen molar-refractivity contribution in [1.82, 2.24) is 14.5 Å². The first-order valence-corrected chi connectivity index (χ1v) is 12.5. The molecule has 5 rings (SSSR count). The number of ether oxygens (including phenoxy) is 1. The van der Waals surface area contributed by atoms with Crippen LogP contribution in [0.2, 0.25) is 0 Å². The molecule has 0 radical (unpaired) electrons. The Kier molecular flexibility index (Phi) is 7.41. The standard InChI is InChI=1S/C28H29N5O5/c34-26(16-19-9-13-32(14-10-19)28(36)37)31-25-18-23(8-12-29-25)38-22-6-7-24-20(17-22)11-15-33(24)27(35)30-21-4-2-1-3-5-21/h1-8,11-12,15,17-19,26,34H,9-10,13-14,16H2,(H,29,31)(H,30,35)(H,36,37). The number of piperidine rings is 1. The Bertz CT molecular complexity index is 1420. The first-order valence-electron chi connectivity index (χ1n) is 12.5. The summed E-state index contributed by atoms with van der Waals surface area (Å²) in [5.41, 5.74) is 1.47. The number of amides is 2. The van der Waals surface area contributed by atoms with Gasteiger partial charge in [0.05, 0.1) is 5.52 Å². The summed E-state index contributed by atoms with van der Waals surface area (Å²) in [4.78, 5) is 29.5. The van der Waals surface area contributed by atoms with E-state index in [0.717, 1.165) is 29.4 Å². The number of hydrogen-bond acceptors (Lipinski definition) is 6. The van der Waals surface area contributed by atoms with Crippen LogP contribution >= 0.6 is 0 Å². The maximum absolute atomic E-state index is 12.7. The van der Waals surface area contributed by atoms with Gasteiger partial charge >= 0.3 is 12.1 Å². The van der Waals surface area contributed by atoms with Gasteiger partial charge in [-0.05, 0) is 67.6 Å². The molecule has 0 aliphatic carbocycles. The van der Waals surface area contributed by atoms with Crippen molar-refractivity contribution in [3.63, 3.8) is 0 Å². The Morgan fingerprint density at radius 1 is 1.03 bits per heavy atom. The monoisotopic (exact) mass is 515 g/mol. The second-order valence-electron chi connectivity index (χ2n) is 9.29. The molecule has 10 heteroatoms. The molecule has 4 aromatic rings. The van der Waals surface area contributed by atoms with Crippen LogP contribution in [0.15, 0.2) is 79.1 Å². The minimum Gasteiger partial charge on any atom is -0.465 e. The third-order valence-corrected chi connectivity index (χ3v) is 6.63. The molecule has 1 unspecified atom stereocenters. The summed E-state index contributed by atoms with van der Waals surface area (Å²) in [6, 6.07) is 19.8. The van der Waals surface area contributed by atoms with Gasteiger partial charge in [-0.3, -0.25) is 4.57 Å². The number of aliphatic hydroxyl groups is 1. The van der Waals surface area contributed by atoms with Crippen molar-refractivity contribution < 1.29 is 24.5 Å². The number of pyridine rings is 1. The van der Waals surface area contributed by atoms with E-state index in [1.807, 2.05) is 48.5 Å². The SMILES string of the molecule is O=C(O)N1CCC(CC(O)Nc2cc(Oc3ccc4c(ccn4C(=O)Nc4ccccc4)c3)ccn2)CC1. The normalized spacial score (nSPS) is 14.7. The van der Waals surface area contributed by atoms with Crippen LogP contribution in [0.1, 0.15) is 19.3 Å². The van der Waals surface area contributed by atoms with Crippen molar-refractivity contribution in [2.75, 3.05) is 23.7 Å². The van der Waals surface area contributed by atoms with Gasteiger partial charge in [0.1, 0.15) is 23.5 Å². The average molecular weight is 516 g/mol. The molecule has 3 heterocycles. The maximum atomic E-state index is 12.7. The molecule has 4 N–H and O–H groups in total. The van der Waals surface area contributed by atoms with Crippen LogP contribution in [0.4, 0.5) is 21.1 Å². The Morgan fingerprint density at radius 3 is 2.55 bits per heavy atom. The fourth-order valence-electron chi connectivity index (χ4n) is 4.66. The summed E-state index contributed by atoms with van der Waals surface area (Å²) in [5, 5.41) is 26.3. The summed E-state index contributed by atoms with van der Waals surface area (Å²) < 4.78 is 7.57.